The molecule has 0 bridgehead atoms. The zero-order valence-corrected chi connectivity index (χ0v) is 10.0. The quantitative estimate of drug-likeness (QED) is 0.781. The highest BCUT2D eigenvalue weighted by Crippen LogP contribution is 2.29. The normalized spacial score (nSPS) is 17.8. The second-order valence-corrected chi connectivity index (χ2v) is 4.87. The predicted molar refractivity (Wildman–Crippen MR) is 64.2 cm³/mol. The number of nitrogens with zero attached hydrogens (tertiary/aromatic N) is 3. The van der Waals surface area contributed by atoms with Gasteiger partial charge in [0.1, 0.15) is 5.78 Å². The molecule has 1 aliphatic carbocycles. The fourth-order valence-corrected chi connectivity index (χ4v) is 2.40. The van der Waals surface area contributed by atoms with Crippen molar-refractivity contribution in [1.82, 2.24) is 14.6 Å². The molecular formula is C12H12ClN3O. The van der Waals surface area contributed by atoms with Gasteiger partial charge in [-0.25, -0.2) is 9.50 Å². The Balaban J connectivity index is 1.92. The molecule has 0 saturated heterocycles. The van der Waals surface area contributed by atoms with E-state index in [4.69, 9.17) is 11.6 Å². The van der Waals surface area contributed by atoms with E-state index < -0.39 is 0 Å². The standard InChI is InChI=1S/C12H12ClN3O/c13-9-3-6-11-14-12(15-16(11)7-9)8-1-4-10(17)5-2-8/h3,6-8H,1-2,4-5H2. The average molecular weight is 250 g/mol. The lowest BCUT2D eigenvalue weighted by Gasteiger charge is -2.17. The van der Waals surface area contributed by atoms with Crippen molar-refractivity contribution in [2.24, 2.45) is 0 Å². The van der Waals surface area contributed by atoms with Crippen LogP contribution in [0.1, 0.15) is 37.4 Å². The summed E-state index contributed by atoms with van der Waals surface area (Å²) in [5.74, 6) is 1.50. The van der Waals surface area contributed by atoms with Crippen LogP contribution in [0.25, 0.3) is 5.65 Å². The van der Waals surface area contributed by atoms with E-state index in [2.05, 4.69) is 10.1 Å². The summed E-state index contributed by atoms with van der Waals surface area (Å²) in [5.41, 5.74) is 0.807. The molecule has 0 spiro atoms. The first-order valence-electron chi connectivity index (χ1n) is 5.76. The molecule has 0 amide bonds. The molecule has 0 atom stereocenters. The number of carbonyl (C=O) groups excluding carboxylic acids is 1. The Bertz CT molecular complexity index is 568. The molecule has 0 radical (unpaired) electrons. The monoisotopic (exact) mass is 249 g/mol. The van der Waals surface area contributed by atoms with Gasteiger partial charge >= 0.3 is 0 Å². The molecule has 17 heavy (non-hydrogen) atoms. The summed E-state index contributed by atoms with van der Waals surface area (Å²) in [6.07, 6.45) is 4.79. The molecule has 1 saturated carbocycles. The van der Waals surface area contributed by atoms with Gasteiger partial charge < -0.3 is 0 Å². The van der Waals surface area contributed by atoms with Crippen LogP contribution >= 0.6 is 11.6 Å². The number of rotatable bonds is 1. The number of ketones is 1. The SMILES string of the molecule is O=C1CCC(c2nc3ccc(Cl)cn3n2)CC1. The highest BCUT2D eigenvalue weighted by atomic mass is 35.5. The largest absolute Gasteiger partial charge is 0.300 e. The van der Waals surface area contributed by atoms with Gasteiger partial charge in [0, 0.05) is 25.0 Å². The second kappa shape index (κ2) is 4.11. The van der Waals surface area contributed by atoms with E-state index in [1.165, 1.54) is 0 Å². The highest BCUT2D eigenvalue weighted by molar-refractivity contribution is 6.30. The summed E-state index contributed by atoms with van der Waals surface area (Å²) in [6.45, 7) is 0. The summed E-state index contributed by atoms with van der Waals surface area (Å²) in [4.78, 5) is 15.7. The zero-order valence-electron chi connectivity index (χ0n) is 9.27. The van der Waals surface area contributed by atoms with Crippen molar-refractivity contribution in [2.75, 3.05) is 0 Å². The van der Waals surface area contributed by atoms with Crippen LogP contribution in [-0.4, -0.2) is 20.4 Å². The topological polar surface area (TPSA) is 47.3 Å². The molecule has 0 aliphatic heterocycles. The third kappa shape index (κ3) is 2.05. The molecule has 1 aliphatic rings. The predicted octanol–water partition coefficient (Wildman–Crippen LogP) is 2.61. The van der Waals surface area contributed by atoms with E-state index in [1.54, 1.807) is 16.8 Å². The number of Topliss-reactive ketones (excluding diaryl/α,β-unsaturated/α-hetero) is 1. The minimum atomic E-state index is 0.311. The Labute approximate surface area is 104 Å². The molecule has 2 aromatic heterocycles. The molecule has 5 heteroatoms. The maximum Gasteiger partial charge on any atom is 0.155 e. The summed E-state index contributed by atoms with van der Waals surface area (Å²) in [5, 5.41) is 5.08. The van der Waals surface area contributed by atoms with Crippen molar-refractivity contribution >= 4 is 23.0 Å². The van der Waals surface area contributed by atoms with E-state index in [-0.39, 0.29) is 0 Å². The zero-order chi connectivity index (χ0) is 11.8. The van der Waals surface area contributed by atoms with Gasteiger partial charge in [-0.1, -0.05) is 11.6 Å². The fraction of sp³-hybridized carbons (Fsp3) is 0.417. The molecule has 4 nitrogen and oxygen atoms in total. The van der Waals surface area contributed by atoms with Gasteiger partial charge in [-0.2, -0.15) is 5.10 Å². The molecule has 0 unspecified atom stereocenters. The Morgan fingerprint density at radius 3 is 2.82 bits per heavy atom. The Kier molecular flexibility index (Phi) is 2.59. The summed E-state index contributed by atoms with van der Waals surface area (Å²) in [7, 11) is 0. The van der Waals surface area contributed by atoms with Gasteiger partial charge in [-0.3, -0.25) is 4.79 Å². The van der Waals surface area contributed by atoms with E-state index in [0.717, 1.165) is 24.3 Å². The van der Waals surface area contributed by atoms with E-state index >= 15 is 0 Å². The lowest BCUT2D eigenvalue weighted by Crippen LogP contribution is -2.13. The average Bonchev–Trinajstić information content (AvgIpc) is 2.72. The maximum absolute atomic E-state index is 11.2. The lowest BCUT2D eigenvalue weighted by molar-refractivity contribution is -0.120. The Hall–Kier alpha value is -1.42. The van der Waals surface area contributed by atoms with Gasteiger partial charge in [-0.05, 0) is 25.0 Å². The van der Waals surface area contributed by atoms with Crippen LogP contribution in [0, 0.1) is 0 Å². The first-order valence-corrected chi connectivity index (χ1v) is 6.14. The highest BCUT2D eigenvalue weighted by Gasteiger charge is 2.23. The second-order valence-electron chi connectivity index (χ2n) is 4.43. The molecule has 1 fully saturated rings. The first-order chi connectivity index (χ1) is 8.22. The number of hydrogen-bond acceptors (Lipinski definition) is 3. The number of carbonyl (C=O) groups is 1. The molecule has 2 heterocycles. The minimum Gasteiger partial charge on any atom is -0.300 e. The first kappa shape index (κ1) is 10.7. The van der Waals surface area contributed by atoms with Crippen LogP contribution < -0.4 is 0 Å². The van der Waals surface area contributed by atoms with Crippen LogP contribution in [-0.2, 0) is 4.79 Å². The van der Waals surface area contributed by atoms with Crippen LogP contribution in [0.4, 0.5) is 0 Å². The van der Waals surface area contributed by atoms with Gasteiger partial charge in [-0.15, -0.1) is 0 Å². The van der Waals surface area contributed by atoms with Crippen molar-refractivity contribution in [3.8, 4) is 0 Å². The van der Waals surface area contributed by atoms with E-state index in [0.29, 0.717) is 29.6 Å². The number of aromatic nitrogens is 3. The third-order valence-electron chi connectivity index (χ3n) is 3.22. The number of fused-ring (bicyclic) bond motifs is 1. The van der Waals surface area contributed by atoms with Gasteiger partial charge in [0.25, 0.3) is 0 Å². The van der Waals surface area contributed by atoms with Crippen molar-refractivity contribution < 1.29 is 4.79 Å². The third-order valence-corrected chi connectivity index (χ3v) is 3.44. The maximum atomic E-state index is 11.2. The Morgan fingerprint density at radius 2 is 2.06 bits per heavy atom. The molecule has 0 aromatic carbocycles. The van der Waals surface area contributed by atoms with Crippen LogP contribution in [0.15, 0.2) is 18.3 Å². The number of hydrogen-bond donors (Lipinski definition) is 0. The summed E-state index contributed by atoms with van der Waals surface area (Å²) in [6, 6.07) is 3.66. The number of halogens is 1. The molecule has 3 rings (SSSR count). The van der Waals surface area contributed by atoms with Crippen molar-refractivity contribution in [1.29, 1.82) is 0 Å². The molecule has 88 valence electrons. The smallest absolute Gasteiger partial charge is 0.155 e. The van der Waals surface area contributed by atoms with Crippen LogP contribution in [0.2, 0.25) is 5.02 Å². The summed E-state index contributed by atoms with van der Waals surface area (Å²) < 4.78 is 1.70. The van der Waals surface area contributed by atoms with E-state index in [1.807, 2.05) is 6.07 Å². The minimum absolute atomic E-state index is 0.311. The van der Waals surface area contributed by atoms with Gasteiger partial charge in [0.15, 0.2) is 11.5 Å². The van der Waals surface area contributed by atoms with E-state index in [9.17, 15) is 4.79 Å². The molecular weight excluding hydrogens is 238 g/mol. The number of pyridine rings is 1. The van der Waals surface area contributed by atoms with Crippen molar-refractivity contribution in [3.63, 3.8) is 0 Å². The fourth-order valence-electron chi connectivity index (χ4n) is 2.25. The molecule has 0 N–H and O–H groups in total. The summed E-state index contributed by atoms with van der Waals surface area (Å²) >= 11 is 5.90. The van der Waals surface area contributed by atoms with Crippen molar-refractivity contribution in [3.05, 3.63) is 29.2 Å². The van der Waals surface area contributed by atoms with Gasteiger partial charge in [0.2, 0.25) is 0 Å². The van der Waals surface area contributed by atoms with Crippen molar-refractivity contribution in [2.45, 2.75) is 31.6 Å². The van der Waals surface area contributed by atoms with Gasteiger partial charge in [0.05, 0.1) is 5.02 Å². The van der Waals surface area contributed by atoms with Crippen LogP contribution in [0.5, 0.6) is 0 Å². The van der Waals surface area contributed by atoms with Crippen LogP contribution in [0.3, 0.4) is 0 Å². The molecule has 2 aromatic rings. The Morgan fingerprint density at radius 1 is 1.29 bits per heavy atom. The lowest BCUT2D eigenvalue weighted by atomic mass is 9.88.